The van der Waals surface area contributed by atoms with E-state index >= 15 is 0 Å². The smallest absolute Gasteiger partial charge is 0.205 e. The third kappa shape index (κ3) is 3.82. The second kappa shape index (κ2) is 6.73. The van der Waals surface area contributed by atoms with E-state index < -0.39 is 0 Å². The number of benzene rings is 1. The van der Waals surface area contributed by atoms with E-state index in [0.717, 1.165) is 23.3 Å². The summed E-state index contributed by atoms with van der Waals surface area (Å²) in [5, 5.41) is 0.925. The summed E-state index contributed by atoms with van der Waals surface area (Å²) in [5.41, 5.74) is 1.24. The highest BCUT2D eigenvalue weighted by molar-refractivity contribution is 7.09. The Morgan fingerprint density at radius 3 is 2.58 bits per heavy atom. The van der Waals surface area contributed by atoms with Gasteiger partial charge in [-0.05, 0) is 5.56 Å². The quantitative estimate of drug-likeness (QED) is 0.710. The number of nitrogens with zero attached hydrogens (tertiary/aromatic N) is 5. The van der Waals surface area contributed by atoms with Crippen molar-refractivity contribution in [3.8, 4) is 0 Å². The average molecular weight is 341 g/mol. The van der Waals surface area contributed by atoms with Crippen LogP contribution in [0.1, 0.15) is 38.0 Å². The van der Waals surface area contributed by atoms with E-state index in [1.165, 1.54) is 17.1 Å². The summed E-state index contributed by atoms with van der Waals surface area (Å²) < 4.78 is 6.67. The van der Waals surface area contributed by atoms with Gasteiger partial charge in [0.05, 0.1) is 6.54 Å². The molecule has 1 aromatic carbocycles. The van der Waals surface area contributed by atoms with Crippen LogP contribution in [-0.4, -0.2) is 26.0 Å². The molecular weight excluding hydrogens is 318 g/mol. The molecule has 126 valence electrons. The number of rotatable bonds is 5. The first-order valence-corrected chi connectivity index (χ1v) is 8.80. The maximum atomic E-state index is 4.67. The molecule has 6 heteroatoms. The number of hydrogen-bond donors (Lipinski definition) is 0. The highest BCUT2D eigenvalue weighted by Gasteiger charge is 2.21. The standard InChI is InChI=1S/C18H23N5S/c1-18(2,3)16-20-17(24-21-16)22(4)13-15-19-10-11-23(15)12-14-8-6-5-7-9-14/h5-11H,12-13H2,1-4H3. The normalized spacial score (nSPS) is 11.7. The van der Waals surface area contributed by atoms with Crippen molar-refractivity contribution < 1.29 is 0 Å². The summed E-state index contributed by atoms with van der Waals surface area (Å²) in [6.45, 7) is 7.92. The lowest BCUT2D eigenvalue weighted by Gasteiger charge is -2.17. The van der Waals surface area contributed by atoms with Crippen LogP contribution >= 0.6 is 11.5 Å². The molecule has 2 aromatic heterocycles. The first kappa shape index (κ1) is 16.6. The summed E-state index contributed by atoms with van der Waals surface area (Å²) in [6, 6.07) is 10.4. The average Bonchev–Trinajstić information content (AvgIpc) is 3.18. The fourth-order valence-corrected chi connectivity index (χ4v) is 3.18. The molecule has 24 heavy (non-hydrogen) atoms. The van der Waals surface area contributed by atoms with Gasteiger partial charge >= 0.3 is 0 Å². The Morgan fingerprint density at radius 2 is 1.92 bits per heavy atom. The van der Waals surface area contributed by atoms with Crippen molar-refractivity contribution in [1.82, 2.24) is 18.9 Å². The van der Waals surface area contributed by atoms with Crippen LogP contribution in [0.25, 0.3) is 0 Å². The molecule has 0 spiro atoms. The molecule has 0 aliphatic heterocycles. The summed E-state index contributed by atoms with van der Waals surface area (Å²) >= 11 is 1.44. The van der Waals surface area contributed by atoms with Gasteiger partial charge in [0.1, 0.15) is 11.6 Å². The van der Waals surface area contributed by atoms with Crippen molar-refractivity contribution >= 4 is 16.7 Å². The van der Waals surface area contributed by atoms with Crippen molar-refractivity contribution in [1.29, 1.82) is 0 Å². The van der Waals surface area contributed by atoms with Crippen LogP contribution in [0.3, 0.4) is 0 Å². The highest BCUT2D eigenvalue weighted by Crippen LogP contribution is 2.25. The minimum absolute atomic E-state index is 0.0264. The van der Waals surface area contributed by atoms with Crippen molar-refractivity contribution in [2.45, 2.75) is 39.3 Å². The van der Waals surface area contributed by atoms with Gasteiger partial charge in [0.15, 0.2) is 0 Å². The van der Waals surface area contributed by atoms with Crippen LogP contribution in [-0.2, 0) is 18.5 Å². The van der Waals surface area contributed by atoms with Crippen LogP contribution in [0.5, 0.6) is 0 Å². The van der Waals surface area contributed by atoms with E-state index in [1.54, 1.807) is 0 Å². The molecule has 0 amide bonds. The SMILES string of the molecule is CN(Cc1nccn1Cc1ccccc1)c1nc(C(C)(C)C)ns1. The minimum atomic E-state index is -0.0264. The zero-order valence-corrected chi connectivity index (χ0v) is 15.4. The second-order valence-electron chi connectivity index (χ2n) is 6.96. The molecule has 0 aliphatic rings. The van der Waals surface area contributed by atoms with Crippen molar-refractivity contribution in [2.24, 2.45) is 0 Å². The Balaban J connectivity index is 1.72. The number of anilines is 1. The lowest BCUT2D eigenvalue weighted by molar-refractivity contribution is 0.554. The van der Waals surface area contributed by atoms with Gasteiger partial charge in [0.25, 0.3) is 0 Å². The van der Waals surface area contributed by atoms with Crippen molar-refractivity contribution in [3.05, 3.63) is 59.9 Å². The van der Waals surface area contributed by atoms with E-state index in [-0.39, 0.29) is 5.41 Å². The topological polar surface area (TPSA) is 46.8 Å². The van der Waals surface area contributed by atoms with Crippen LogP contribution in [0.2, 0.25) is 0 Å². The van der Waals surface area contributed by atoms with Gasteiger partial charge in [-0.2, -0.15) is 4.37 Å². The molecule has 0 saturated heterocycles. The van der Waals surface area contributed by atoms with Crippen molar-refractivity contribution in [3.63, 3.8) is 0 Å². The van der Waals surface area contributed by atoms with Gasteiger partial charge in [-0.3, -0.25) is 0 Å². The van der Waals surface area contributed by atoms with Crippen LogP contribution < -0.4 is 4.90 Å². The molecule has 0 radical (unpaired) electrons. The van der Waals surface area contributed by atoms with Gasteiger partial charge in [-0.1, -0.05) is 51.1 Å². The van der Waals surface area contributed by atoms with E-state index in [4.69, 9.17) is 0 Å². The van der Waals surface area contributed by atoms with Gasteiger partial charge in [-0.25, -0.2) is 9.97 Å². The van der Waals surface area contributed by atoms with E-state index in [1.807, 2.05) is 25.5 Å². The molecule has 5 nitrogen and oxygen atoms in total. The molecule has 0 N–H and O–H groups in total. The van der Waals surface area contributed by atoms with Gasteiger partial charge in [0, 0.05) is 42.9 Å². The monoisotopic (exact) mass is 341 g/mol. The highest BCUT2D eigenvalue weighted by atomic mass is 32.1. The number of hydrogen-bond acceptors (Lipinski definition) is 5. The summed E-state index contributed by atoms with van der Waals surface area (Å²) in [7, 11) is 2.04. The third-order valence-corrected chi connectivity index (χ3v) is 4.62. The Morgan fingerprint density at radius 1 is 1.17 bits per heavy atom. The van der Waals surface area contributed by atoms with Gasteiger partial charge in [0.2, 0.25) is 5.13 Å². The van der Waals surface area contributed by atoms with Crippen LogP contribution in [0, 0.1) is 0 Å². The molecule has 0 aliphatic carbocycles. The predicted octanol–water partition coefficient (Wildman–Crippen LogP) is 3.72. The Kier molecular flexibility index (Phi) is 4.66. The molecule has 0 saturated carbocycles. The first-order valence-electron chi connectivity index (χ1n) is 8.03. The van der Waals surface area contributed by atoms with Gasteiger partial charge in [-0.15, -0.1) is 0 Å². The lowest BCUT2D eigenvalue weighted by Crippen LogP contribution is -2.20. The molecule has 0 unspecified atom stereocenters. The summed E-state index contributed by atoms with van der Waals surface area (Å²) in [5.74, 6) is 1.91. The number of imidazole rings is 1. The molecular formula is C18H23N5S. The number of aromatic nitrogens is 4. The second-order valence-corrected chi connectivity index (χ2v) is 7.69. The first-order chi connectivity index (χ1) is 11.4. The maximum absolute atomic E-state index is 4.67. The molecule has 3 rings (SSSR count). The molecule has 0 atom stereocenters. The fraction of sp³-hybridized carbons (Fsp3) is 0.389. The largest absolute Gasteiger partial charge is 0.342 e. The Hall–Kier alpha value is -2.21. The fourth-order valence-electron chi connectivity index (χ4n) is 2.37. The lowest BCUT2D eigenvalue weighted by atomic mass is 9.96. The Bertz CT molecular complexity index is 785. The summed E-state index contributed by atoms with van der Waals surface area (Å²) in [4.78, 5) is 11.3. The molecule has 0 fully saturated rings. The van der Waals surface area contributed by atoms with Crippen LogP contribution in [0.4, 0.5) is 5.13 Å². The van der Waals surface area contributed by atoms with E-state index in [0.29, 0.717) is 6.54 Å². The van der Waals surface area contributed by atoms with E-state index in [9.17, 15) is 0 Å². The minimum Gasteiger partial charge on any atom is -0.342 e. The van der Waals surface area contributed by atoms with Crippen LogP contribution in [0.15, 0.2) is 42.7 Å². The molecule has 2 heterocycles. The zero-order valence-electron chi connectivity index (χ0n) is 14.6. The zero-order chi connectivity index (χ0) is 17.2. The third-order valence-electron chi connectivity index (χ3n) is 3.79. The van der Waals surface area contributed by atoms with Gasteiger partial charge < -0.3 is 9.47 Å². The van der Waals surface area contributed by atoms with Crippen molar-refractivity contribution in [2.75, 3.05) is 11.9 Å². The summed E-state index contributed by atoms with van der Waals surface area (Å²) in [6.07, 6.45) is 3.88. The Labute approximate surface area is 147 Å². The molecule has 0 bridgehead atoms. The van der Waals surface area contributed by atoms with E-state index in [2.05, 4.69) is 68.8 Å². The predicted molar refractivity (Wildman–Crippen MR) is 98.5 cm³/mol. The molecule has 3 aromatic rings. The maximum Gasteiger partial charge on any atom is 0.205 e.